The number of carbonyl (C=O) groups is 2. The van der Waals surface area contributed by atoms with Crippen LogP contribution in [0.2, 0.25) is 0 Å². The maximum atomic E-state index is 11.5. The number of amides is 2. The summed E-state index contributed by atoms with van der Waals surface area (Å²) in [4.78, 5) is 27.3. The summed E-state index contributed by atoms with van der Waals surface area (Å²) < 4.78 is 0. The zero-order valence-corrected chi connectivity index (χ0v) is 13.5. The average molecular weight is 319 g/mol. The molecule has 0 saturated carbocycles. The van der Waals surface area contributed by atoms with Crippen LogP contribution in [0.1, 0.15) is 13.8 Å². The van der Waals surface area contributed by atoms with E-state index in [1.54, 1.807) is 6.20 Å². The lowest BCUT2D eigenvalue weighted by Crippen LogP contribution is -2.08. The van der Waals surface area contributed by atoms with Gasteiger partial charge in [-0.2, -0.15) is 0 Å². The maximum absolute atomic E-state index is 11.5. The maximum Gasteiger partial charge on any atom is 0.221 e. The van der Waals surface area contributed by atoms with Crippen molar-refractivity contribution < 1.29 is 9.59 Å². The van der Waals surface area contributed by atoms with Crippen molar-refractivity contribution in [2.24, 2.45) is 0 Å². The van der Waals surface area contributed by atoms with E-state index in [-0.39, 0.29) is 11.8 Å². The minimum atomic E-state index is -0.161. The van der Waals surface area contributed by atoms with E-state index >= 15 is 0 Å². The highest BCUT2D eigenvalue weighted by Gasteiger charge is 2.13. The Morgan fingerprint density at radius 1 is 0.917 bits per heavy atom. The highest BCUT2D eigenvalue weighted by atomic mass is 16.2. The Morgan fingerprint density at radius 2 is 1.62 bits per heavy atom. The highest BCUT2D eigenvalue weighted by molar-refractivity contribution is 6.06. The first kappa shape index (κ1) is 15.7. The number of benzene rings is 2. The van der Waals surface area contributed by atoms with E-state index in [1.807, 2.05) is 48.5 Å². The third-order valence-corrected chi connectivity index (χ3v) is 3.56. The molecular formula is C19H17N3O2. The number of aromatic nitrogens is 1. The number of rotatable bonds is 3. The van der Waals surface area contributed by atoms with Gasteiger partial charge in [0, 0.05) is 30.5 Å². The SMILES string of the molecule is CC(=O)Nc1ccc2ncc(NC(C)=O)c(-c3ccccc3)c2c1. The van der Waals surface area contributed by atoms with Gasteiger partial charge in [0.2, 0.25) is 11.8 Å². The molecule has 2 N–H and O–H groups in total. The fourth-order valence-corrected chi connectivity index (χ4v) is 2.67. The molecule has 1 heterocycles. The van der Waals surface area contributed by atoms with Crippen molar-refractivity contribution in [2.75, 3.05) is 10.6 Å². The molecule has 120 valence electrons. The van der Waals surface area contributed by atoms with Crippen molar-refractivity contribution >= 4 is 34.1 Å². The van der Waals surface area contributed by atoms with Crippen molar-refractivity contribution in [1.82, 2.24) is 4.98 Å². The van der Waals surface area contributed by atoms with Crippen LogP contribution in [-0.2, 0) is 9.59 Å². The van der Waals surface area contributed by atoms with Crippen LogP contribution in [0.25, 0.3) is 22.0 Å². The molecule has 5 heteroatoms. The smallest absolute Gasteiger partial charge is 0.221 e. The molecule has 0 unspecified atom stereocenters. The summed E-state index contributed by atoms with van der Waals surface area (Å²) in [6.45, 7) is 2.93. The largest absolute Gasteiger partial charge is 0.326 e. The topological polar surface area (TPSA) is 71.1 Å². The first-order valence-corrected chi connectivity index (χ1v) is 7.58. The molecule has 0 saturated heterocycles. The summed E-state index contributed by atoms with van der Waals surface area (Å²) in [6.07, 6.45) is 1.66. The molecule has 24 heavy (non-hydrogen) atoms. The van der Waals surface area contributed by atoms with Gasteiger partial charge in [-0.05, 0) is 23.8 Å². The zero-order chi connectivity index (χ0) is 17.1. The minimum Gasteiger partial charge on any atom is -0.326 e. The fraction of sp³-hybridized carbons (Fsp3) is 0.105. The van der Waals surface area contributed by atoms with E-state index in [9.17, 15) is 9.59 Å². The lowest BCUT2D eigenvalue weighted by atomic mass is 9.99. The molecule has 0 atom stereocenters. The third-order valence-electron chi connectivity index (χ3n) is 3.56. The monoisotopic (exact) mass is 319 g/mol. The summed E-state index contributed by atoms with van der Waals surface area (Å²) in [5.41, 5.74) is 3.96. The van der Waals surface area contributed by atoms with Crippen LogP contribution in [0, 0.1) is 0 Å². The summed E-state index contributed by atoms with van der Waals surface area (Å²) in [5.74, 6) is -0.298. The first-order valence-electron chi connectivity index (χ1n) is 7.58. The molecule has 0 fully saturated rings. The van der Waals surface area contributed by atoms with E-state index in [0.29, 0.717) is 11.4 Å². The number of anilines is 2. The van der Waals surface area contributed by atoms with Crippen LogP contribution in [-0.4, -0.2) is 16.8 Å². The van der Waals surface area contributed by atoms with Crippen LogP contribution in [0.15, 0.2) is 54.7 Å². The fourth-order valence-electron chi connectivity index (χ4n) is 2.67. The predicted octanol–water partition coefficient (Wildman–Crippen LogP) is 3.82. The van der Waals surface area contributed by atoms with Crippen LogP contribution < -0.4 is 10.6 Å². The third kappa shape index (κ3) is 3.25. The van der Waals surface area contributed by atoms with E-state index in [4.69, 9.17) is 0 Å². The molecule has 5 nitrogen and oxygen atoms in total. The average Bonchev–Trinajstić information content (AvgIpc) is 2.54. The molecule has 3 aromatic rings. The van der Waals surface area contributed by atoms with Gasteiger partial charge >= 0.3 is 0 Å². The Kier molecular flexibility index (Phi) is 4.24. The number of hydrogen-bond donors (Lipinski definition) is 2. The number of nitrogens with one attached hydrogen (secondary N) is 2. The molecule has 0 spiro atoms. The molecule has 2 amide bonds. The molecule has 1 aromatic heterocycles. The van der Waals surface area contributed by atoms with Crippen molar-refractivity contribution in [3.63, 3.8) is 0 Å². The number of pyridine rings is 1. The van der Waals surface area contributed by atoms with Crippen molar-refractivity contribution in [3.05, 3.63) is 54.7 Å². The van der Waals surface area contributed by atoms with Gasteiger partial charge in [-0.1, -0.05) is 30.3 Å². The second-order valence-corrected chi connectivity index (χ2v) is 5.51. The van der Waals surface area contributed by atoms with Gasteiger partial charge in [0.05, 0.1) is 17.4 Å². The number of hydrogen-bond acceptors (Lipinski definition) is 3. The van der Waals surface area contributed by atoms with Gasteiger partial charge in [0.15, 0.2) is 0 Å². The minimum absolute atomic E-state index is 0.137. The van der Waals surface area contributed by atoms with Crippen LogP contribution in [0.5, 0.6) is 0 Å². The Hall–Kier alpha value is -3.21. The summed E-state index contributed by atoms with van der Waals surface area (Å²) >= 11 is 0. The number of nitrogens with zero attached hydrogens (tertiary/aromatic N) is 1. The Labute approximate surface area is 139 Å². The summed E-state index contributed by atoms with van der Waals surface area (Å²) in [7, 11) is 0. The summed E-state index contributed by atoms with van der Waals surface area (Å²) in [5, 5.41) is 6.48. The van der Waals surface area contributed by atoms with Gasteiger partial charge in [-0.3, -0.25) is 14.6 Å². The number of fused-ring (bicyclic) bond motifs is 1. The van der Waals surface area contributed by atoms with Crippen LogP contribution >= 0.6 is 0 Å². The predicted molar refractivity (Wildman–Crippen MR) is 95.8 cm³/mol. The normalized spacial score (nSPS) is 10.4. The quantitative estimate of drug-likeness (QED) is 0.771. The van der Waals surface area contributed by atoms with Crippen molar-refractivity contribution in [3.8, 4) is 11.1 Å². The van der Waals surface area contributed by atoms with E-state index in [1.165, 1.54) is 13.8 Å². The van der Waals surface area contributed by atoms with E-state index in [0.717, 1.165) is 22.0 Å². The van der Waals surface area contributed by atoms with Gasteiger partial charge in [-0.25, -0.2) is 0 Å². The highest BCUT2D eigenvalue weighted by Crippen LogP contribution is 2.35. The van der Waals surface area contributed by atoms with Crippen molar-refractivity contribution in [2.45, 2.75) is 13.8 Å². The second kappa shape index (κ2) is 6.50. The van der Waals surface area contributed by atoms with Crippen molar-refractivity contribution in [1.29, 1.82) is 0 Å². The molecule has 2 aromatic carbocycles. The first-order chi connectivity index (χ1) is 11.5. The lowest BCUT2D eigenvalue weighted by molar-refractivity contribution is -0.115. The van der Waals surface area contributed by atoms with Gasteiger partial charge in [0.1, 0.15) is 0 Å². The molecule has 0 aliphatic heterocycles. The lowest BCUT2D eigenvalue weighted by Gasteiger charge is -2.14. The molecular weight excluding hydrogens is 302 g/mol. The van der Waals surface area contributed by atoms with Gasteiger partial charge < -0.3 is 10.6 Å². The summed E-state index contributed by atoms with van der Waals surface area (Å²) in [6, 6.07) is 15.3. The van der Waals surface area contributed by atoms with Gasteiger partial charge in [0.25, 0.3) is 0 Å². The second-order valence-electron chi connectivity index (χ2n) is 5.51. The Balaban J connectivity index is 2.27. The molecule has 0 aliphatic carbocycles. The molecule has 0 radical (unpaired) electrons. The zero-order valence-electron chi connectivity index (χ0n) is 13.5. The molecule has 3 rings (SSSR count). The Morgan fingerprint density at radius 3 is 2.29 bits per heavy atom. The van der Waals surface area contributed by atoms with Gasteiger partial charge in [-0.15, -0.1) is 0 Å². The molecule has 0 bridgehead atoms. The standard InChI is InChI=1S/C19H17N3O2/c1-12(23)21-15-8-9-17-16(10-15)19(14-6-4-3-5-7-14)18(11-20-17)22-13(2)24/h3-11H,1-2H3,(H,21,23)(H,22,24). The number of carbonyl (C=O) groups excluding carboxylic acids is 2. The van der Waals surface area contributed by atoms with Crippen LogP contribution in [0.3, 0.4) is 0 Å². The van der Waals surface area contributed by atoms with Crippen LogP contribution in [0.4, 0.5) is 11.4 Å². The Bertz CT molecular complexity index is 915. The molecule has 0 aliphatic rings. The van der Waals surface area contributed by atoms with E-state index < -0.39 is 0 Å². The van der Waals surface area contributed by atoms with E-state index in [2.05, 4.69) is 15.6 Å².